The third-order valence-electron chi connectivity index (χ3n) is 3.80. The van der Waals surface area contributed by atoms with E-state index in [1.807, 2.05) is 13.8 Å². The molecule has 0 aliphatic carbocycles. The van der Waals surface area contributed by atoms with Crippen LogP contribution in [-0.2, 0) is 18.3 Å². The maximum atomic E-state index is 12.9. The summed E-state index contributed by atoms with van der Waals surface area (Å²) < 4.78 is 14.6. The van der Waals surface area contributed by atoms with Gasteiger partial charge in [-0.1, -0.05) is 13.8 Å². The molecule has 1 aromatic carbocycles. The van der Waals surface area contributed by atoms with Gasteiger partial charge in [0.15, 0.2) is 0 Å². The van der Waals surface area contributed by atoms with Gasteiger partial charge in [0, 0.05) is 25.6 Å². The van der Waals surface area contributed by atoms with Gasteiger partial charge in [0.1, 0.15) is 24.0 Å². The van der Waals surface area contributed by atoms with Crippen LogP contribution < -0.4 is 10.6 Å². The molecule has 1 aromatic heterocycles. The van der Waals surface area contributed by atoms with Gasteiger partial charge >= 0.3 is 0 Å². The Hall–Kier alpha value is -2.77. The Morgan fingerprint density at radius 1 is 1.24 bits per heavy atom. The van der Waals surface area contributed by atoms with E-state index < -0.39 is 17.8 Å². The molecule has 2 N–H and O–H groups in total. The second kappa shape index (κ2) is 8.36. The summed E-state index contributed by atoms with van der Waals surface area (Å²) in [5.41, 5.74) is 0.305. The third-order valence-corrected chi connectivity index (χ3v) is 3.80. The SMILES string of the molecule is CC(C)[C@@H](NC(=O)c1ccc(F)cc1)C(=O)NCCc1ncnn1C. The highest BCUT2D eigenvalue weighted by Crippen LogP contribution is 2.07. The fourth-order valence-electron chi connectivity index (χ4n) is 2.31. The highest BCUT2D eigenvalue weighted by Gasteiger charge is 2.24. The van der Waals surface area contributed by atoms with Gasteiger partial charge in [-0.05, 0) is 30.2 Å². The molecule has 0 bridgehead atoms. The van der Waals surface area contributed by atoms with Crippen molar-refractivity contribution in [3.8, 4) is 0 Å². The first-order valence-corrected chi connectivity index (χ1v) is 8.05. The van der Waals surface area contributed by atoms with Crippen molar-refractivity contribution in [1.82, 2.24) is 25.4 Å². The van der Waals surface area contributed by atoms with E-state index in [9.17, 15) is 14.0 Å². The number of hydrogen-bond donors (Lipinski definition) is 2. The van der Waals surface area contributed by atoms with E-state index in [2.05, 4.69) is 20.7 Å². The van der Waals surface area contributed by atoms with Gasteiger partial charge in [-0.3, -0.25) is 14.3 Å². The summed E-state index contributed by atoms with van der Waals surface area (Å²) >= 11 is 0. The first kappa shape index (κ1) is 18.6. The molecule has 1 atom stereocenters. The van der Waals surface area contributed by atoms with Gasteiger partial charge in [-0.15, -0.1) is 0 Å². The van der Waals surface area contributed by atoms with Crippen molar-refractivity contribution in [1.29, 1.82) is 0 Å². The van der Waals surface area contributed by atoms with Crippen LogP contribution in [0.4, 0.5) is 4.39 Å². The Balaban J connectivity index is 1.92. The van der Waals surface area contributed by atoms with Crippen LogP contribution in [-0.4, -0.2) is 39.2 Å². The molecule has 0 unspecified atom stereocenters. The molecule has 0 aliphatic heterocycles. The maximum Gasteiger partial charge on any atom is 0.251 e. The number of nitrogens with one attached hydrogen (secondary N) is 2. The number of carbonyl (C=O) groups excluding carboxylic acids is 2. The first-order valence-electron chi connectivity index (χ1n) is 8.05. The number of nitrogens with zero attached hydrogens (tertiary/aromatic N) is 3. The summed E-state index contributed by atoms with van der Waals surface area (Å²) in [6.45, 7) is 4.08. The van der Waals surface area contributed by atoms with E-state index >= 15 is 0 Å². The predicted molar refractivity (Wildman–Crippen MR) is 90.2 cm³/mol. The molecule has 2 amide bonds. The molecule has 134 valence electrons. The van der Waals surface area contributed by atoms with Crippen LogP contribution in [0, 0.1) is 11.7 Å². The van der Waals surface area contributed by atoms with Crippen LogP contribution in [0.25, 0.3) is 0 Å². The van der Waals surface area contributed by atoms with Crippen LogP contribution in [0.3, 0.4) is 0 Å². The monoisotopic (exact) mass is 347 g/mol. The standard InChI is InChI=1S/C17H22FN5O2/c1-11(2)15(22-16(24)12-4-6-13(18)7-5-12)17(25)19-9-8-14-20-10-21-23(14)3/h4-7,10-11,15H,8-9H2,1-3H3,(H,19,25)(H,22,24)/t15-/m1/s1. The second-order valence-corrected chi connectivity index (χ2v) is 6.04. The number of carbonyl (C=O) groups is 2. The molecule has 0 radical (unpaired) electrons. The minimum Gasteiger partial charge on any atom is -0.354 e. The number of rotatable bonds is 7. The zero-order valence-corrected chi connectivity index (χ0v) is 14.5. The minimum atomic E-state index is -0.683. The molecular weight excluding hydrogens is 325 g/mol. The normalized spacial score (nSPS) is 12.0. The topological polar surface area (TPSA) is 88.9 Å². The van der Waals surface area contributed by atoms with Crippen molar-refractivity contribution in [3.63, 3.8) is 0 Å². The van der Waals surface area contributed by atoms with Gasteiger partial charge in [-0.2, -0.15) is 5.10 Å². The molecule has 7 nitrogen and oxygen atoms in total. The highest BCUT2D eigenvalue weighted by atomic mass is 19.1. The second-order valence-electron chi connectivity index (χ2n) is 6.04. The third kappa shape index (κ3) is 5.10. The van der Waals surface area contributed by atoms with Crippen molar-refractivity contribution in [3.05, 3.63) is 47.8 Å². The maximum absolute atomic E-state index is 12.9. The summed E-state index contributed by atoms with van der Waals surface area (Å²) in [6, 6.07) is 4.50. The Bertz CT molecular complexity index is 727. The lowest BCUT2D eigenvalue weighted by Gasteiger charge is -2.21. The average molecular weight is 347 g/mol. The number of halogens is 1. The lowest BCUT2D eigenvalue weighted by Crippen LogP contribution is -2.50. The summed E-state index contributed by atoms with van der Waals surface area (Å²) in [5, 5.41) is 9.47. The largest absolute Gasteiger partial charge is 0.354 e. The van der Waals surface area contributed by atoms with Crippen molar-refractivity contribution >= 4 is 11.8 Å². The van der Waals surface area contributed by atoms with Crippen LogP contribution >= 0.6 is 0 Å². The van der Waals surface area contributed by atoms with Gasteiger partial charge in [0.05, 0.1) is 0 Å². The summed E-state index contributed by atoms with van der Waals surface area (Å²) in [7, 11) is 1.78. The smallest absolute Gasteiger partial charge is 0.251 e. The van der Waals surface area contributed by atoms with E-state index in [0.717, 1.165) is 5.82 Å². The number of aryl methyl sites for hydroxylation is 1. The first-order chi connectivity index (χ1) is 11.9. The molecule has 0 aliphatic rings. The molecule has 1 heterocycles. The fraction of sp³-hybridized carbons (Fsp3) is 0.412. The molecule has 0 fully saturated rings. The van der Waals surface area contributed by atoms with Crippen molar-refractivity contribution in [2.45, 2.75) is 26.3 Å². The molecule has 0 saturated carbocycles. The van der Waals surface area contributed by atoms with Gasteiger partial charge < -0.3 is 10.6 Å². The number of hydrogen-bond acceptors (Lipinski definition) is 4. The Kier molecular flexibility index (Phi) is 6.21. The van der Waals surface area contributed by atoms with Gasteiger partial charge in [-0.25, -0.2) is 9.37 Å². The van der Waals surface area contributed by atoms with Crippen LogP contribution in [0.5, 0.6) is 0 Å². The molecule has 8 heteroatoms. The molecule has 2 aromatic rings. The Morgan fingerprint density at radius 2 is 1.92 bits per heavy atom. The lowest BCUT2D eigenvalue weighted by molar-refractivity contribution is -0.123. The number of amides is 2. The molecule has 0 saturated heterocycles. The number of benzene rings is 1. The average Bonchev–Trinajstić information content (AvgIpc) is 2.97. The quantitative estimate of drug-likeness (QED) is 0.784. The Morgan fingerprint density at radius 3 is 2.48 bits per heavy atom. The molecule has 2 rings (SSSR count). The van der Waals surface area contributed by atoms with Crippen LogP contribution in [0.15, 0.2) is 30.6 Å². The lowest BCUT2D eigenvalue weighted by atomic mass is 10.0. The van der Waals surface area contributed by atoms with E-state index in [0.29, 0.717) is 18.5 Å². The highest BCUT2D eigenvalue weighted by molar-refractivity contribution is 5.97. The predicted octanol–water partition coefficient (Wildman–Crippen LogP) is 1.07. The zero-order valence-electron chi connectivity index (χ0n) is 14.5. The number of aromatic nitrogens is 3. The fourth-order valence-corrected chi connectivity index (χ4v) is 2.31. The van der Waals surface area contributed by atoms with Crippen molar-refractivity contribution < 1.29 is 14.0 Å². The van der Waals surface area contributed by atoms with Gasteiger partial charge in [0.2, 0.25) is 5.91 Å². The molecule has 25 heavy (non-hydrogen) atoms. The summed E-state index contributed by atoms with van der Waals surface area (Å²) in [4.78, 5) is 28.7. The van der Waals surface area contributed by atoms with E-state index in [1.54, 1.807) is 11.7 Å². The molecule has 0 spiro atoms. The van der Waals surface area contributed by atoms with E-state index in [-0.39, 0.29) is 11.8 Å². The van der Waals surface area contributed by atoms with Gasteiger partial charge in [0.25, 0.3) is 5.91 Å². The van der Waals surface area contributed by atoms with E-state index in [4.69, 9.17) is 0 Å². The molecular formula is C17H22FN5O2. The minimum absolute atomic E-state index is 0.0979. The van der Waals surface area contributed by atoms with Crippen LogP contribution in [0.1, 0.15) is 30.0 Å². The summed E-state index contributed by atoms with van der Waals surface area (Å²) in [6.07, 6.45) is 2.00. The van der Waals surface area contributed by atoms with Crippen LogP contribution in [0.2, 0.25) is 0 Å². The zero-order chi connectivity index (χ0) is 18.4. The van der Waals surface area contributed by atoms with E-state index in [1.165, 1.54) is 30.6 Å². The van der Waals surface area contributed by atoms with Crippen molar-refractivity contribution in [2.75, 3.05) is 6.54 Å². The van der Waals surface area contributed by atoms with Crippen molar-refractivity contribution in [2.24, 2.45) is 13.0 Å². The summed E-state index contributed by atoms with van der Waals surface area (Å²) in [5.74, 6) is -0.441. The Labute approximate surface area is 145 Å².